The first kappa shape index (κ1) is 16.8. The fourth-order valence-electron chi connectivity index (χ4n) is 3.97. The summed E-state index contributed by atoms with van der Waals surface area (Å²) in [5.41, 5.74) is 1.11. The molecule has 1 N–H and O–H groups in total. The number of piperidine rings is 2. The van der Waals surface area contributed by atoms with Crippen molar-refractivity contribution in [2.75, 3.05) is 40.3 Å². The lowest BCUT2D eigenvalue weighted by Crippen LogP contribution is -2.56. The molecule has 2 aliphatic heterocycles. The average Bonchev–Trinajstić information content (AvgIpc) is 3.09. The number of carbonyl (C=O) groups excluding carboxylic acids is 2. The van der Waals surface area contributed by atoms with Gasteiger partial charge in [-0.2, -0.15) is 0 Å². The number of rotatable bonds is 3. The van der Waals surface area contributed by atoms with Crippen molar-refractivity contribution < 1.29 is 9.59 Å². The highest BCUT2D eigenvalue weighted by Crippen LogP contribution is 2.39. The Morgan fingerprint density at radius 3 is 2.92 bits per heavy atom. The molecule has 1 aromatic heterocycles. The molecule has 0 unspecified atom stereocenters. The minimum atomic E-state index is 0.0613. The first-order chi connectivity index (χ1) is 11.5. The van der Waals surface area contributed by atoms with Gasteiger partial charge in [0, 0.05) is 70.4 Å². The summed E-state index contributed by atoms with van der Waals surface area (Å²) < 4.78 is 0. The van der Waals surface area contributed by atoms with Gasteiger partial charge in [0.2, 0.25) is 5.91 Å². The summed E-state index contributed by atoms with van der Waals surface area (Å²) in [5, 5.41) is 0. The van der Waals surface area contributed by atoms with Gasteiger partial charge in [0.05, 0.1) is 6.33 Å². The molecule has 2 saturated heterocycles. The first-order valence-corrected chi connectivity index (χ1v) is 8.70. The number of hydrogen-bond acceptors (Lipinski definition) is 3. The van der Waals surface area contributed by atoms with Gasteiger partial charge >= 0.3 is 6.03 Å². The summed E-state index contributed by atoms with van der Waals surface area (Å²) >= 11 is 0. The maximum absolute atomic E-state index is 12.3. The smallest absolute Gasteiger partial charge is 0.319 e. The first-order valence-electron chi connectivity index (χ1n) is 8.70. The summed E-state index contributed by atoms with van der Waals surface area (Å²) in [6, 6.07) is 0.0787. The van der Waals surface area contributed by atoms with Crippen molar-refractivity contribution in [3.8, 4) is 0 Å². The number of nitrogens with one attached hydrogen (secondary N) is 1. The number of H-pyrrole nitrogens is 1. The molecule has 0 radical (unpaired) electrons. The third-order valence-electron chi connectivity index (χ3n) is 5.27. The zero-order valence-electron chi connectivity index (χ0n) is 14.6. The monoisotopic (exact) mass is 333 g/mol. The van der Waals surface area contributed by atoms with Crippen molar-refractivity contribution in [1.82, 2.24) is 24.7 Å². The Morgan fingerprint density at radius 1 is 1.38 bits per heavy atom. The molecular weight excluding hydrogens is 306 g/mol. The molecule has 24 heavy (non-hydrogen) atoms. The van der Waals surface area contributed by atoms with E-state index >= 15 is 0 Å². The number of nitrogens with zero attached hydrogens (tertiary/aromatic N) is 4. The van der Waals surface area contributed by atoms with Gasteiger partial charge in [-0.05, 0) is 19.3 Å². The second-order valence-corrected chi connectivity index (χ2v) is 7.34. The highest BCUT2D eigenvalue weighted by molar-refractivity contribution is 5.77. The summed E-state index contributed by atoms with van der Waals surface area (Å²) in [4.78, 5) is 37.3. The van der Waals surface area contributed by atoms with E-state index in [2.05, 4.69) is 9.97 Å². The Kier molecular flexibility index (Phi) is 4.78. The van der Waals surface area contributed by atoms with Crippen molar-refractivity contribution in [3.63, 3.8) is 0 Å². The minimum absolute atomic E-state index is 0.0613. The van der Waals surface area contributed by atoms with Gasteiger partial charge in [-0.15, -0.1) is 0 Å². The molecule has 0 saturated carbocycles. The summed E-state index contributed by atoms with van der Waals surface area (Å²) in [6.45, 7) is 3.06. The van der Waals surface area contributed by atoms with Crippen LogP contribution in [-0.2, 0) is 11.2 Å². The Hall–Kier alpha value is -2.05. The maximum atomic E-state index is 12.3. The van der Waals surface area contributed by atoms with Gasteiger partial charge in [-0.3, -0.25) is 4.79 Å². The van der Waals surface area contributed by atoms with Gasteiger partial charge in [0.25, 0.3) is 0 Å². The number of carbonyl (C=O) groups is 2. The molecule has 3 heterocycles. The van der Waals surface area contributed by atoms with E-state index in [9.17, 15) is 9.59 Å². The third kappa shape index (κ3) is 3.55. The maximum Gasteiger partial charge on any atom is 0.319 e. The number of hydrogen-bond donors (Lipinski definition) is 1. The predicted octanol–water partition coefficient (Wildman–Crippen LogP) is 1.34. The Morgan fingerprint density at radius 2 is 2.21 bits per heavy atom. The van der Waals surface area contributed by atoms with Gasteiger partial charge in [0.1, 0.15) is 0 Å². The zero-order valence-corrected chi connectivity index (χ0v) is 14.6. The molecule has 0 aromatic carbocycles. The summed E-state index contributed by atoms with van der Waals surface area (Å²) in [7, 11) is 3.59. The number of aromatic amines is 1. The molecule has 3 rings (SSSR count). The largest absolute Gasteiger partial charge is 0.348 e. The van der Waals surface area contributed by atoms with E-state index in [0.29, 0.717) is 13.0 Å². The van der Waals surface area contributed by atoms with Crippen LogP contribution in [0, 0.1) is 5.41 Å². The standard InChI is InChI=1S/C17H27N5O2/c1-20(2)16(24)22-8-3-6-17(12-22)7-4-15(23)21(11-17)9-5-14-10-18-13-19-14/h10,13H,3-9,11-12H2,1-2H3,(H,18,19)/t17-/m1/s1. The topological polar surface area (TPSA) is 72.5 Å². The second kappa shape index (κ2) is 6.83. The lowest BCUT2D eigenvalue weighted by Gasteiger charge is -2.48. The van der Waals surface area contributed by atoms with Crippen molar-refractivity contribution in [3.05, 3.63) is 18.2 Å². The van der Waals surface area contributed by atoms with Crippen molar-refractivity contribution >= 4 is 11.9 Å². The Labute approximate surface area is 143 Å². The summed E-state index contributed by atoms with van der Waals surface area (Å²) in [6.07, 6.45) is 7.86. The SMILES string of the molecule is CN(C)C(=O)N1CCC[C@]2(CCC(=O)N(CCc3cnc[nH]3)C2)C1. The number of urea groups is 1. The Bertz CT molecular complexity index is 586. The molecule has 3 amide bonds. The van der Waals surface area contributed by atoms with Crippen LogP contribution in [0.4, 0.5) is 4.79 Å². The minimum Gasteiger partial charge on any atom is -0.348 e. The lowest BCUT2D eigenvalue weighted by molar-refractivity contribution is -0.138. The van der Waals surface area contributed by atoms with Crippen LogP contribution in [0.15, 0.2) is 12.5 Å². The Balaban J connectivity index is 1.64. The van der Waals surface area contributed by atoms with Crippen molar-refractivity contribution in [1.29, 1.82) is 0 Å². The molecule has 1 aromatic rings. The fourth-order valence-corrected chi connectivity index (χ4v) is 3.97. The normalized spacial score (nSPS) is 24.5. The van der Waals surface area contributed by atoms with Gasteiger partial charge in [-0.25, -0.2) is 9.78 Å². The van der Waals surface area contributed by atoms with E-state index in [0.717, 1.165) is 51.0 Å². The van der Waals surface area contributed by atoms with Crippen LogP contribution >= 0.6 is 0 Å². The van der Waals surface area contributed by atoms with Crippen LogP contribution in [0.2, 0.25) is 0 Å². The van der Waals surface area contributed by atoms with Crippen LogP contribution in [0.5, 0.6) is 0 Å². The van der Waals surface area contributed by atoms with Gasteiger partial charge < -0.3 is 19.7 Å². The molecule has 0 bridgehead atoms. The quantitative estimate of drug-likeness (QED) is 0.907. The van der Waals surface area contributed by atoms with E-state index < -0.39 is 0 Å². The average molecular weight is 333 g/mol. The number of imidazole rings is 1. The highest BCUT2D eigenvalue weighted by atomic mass is 16.2. The molecule has 2 aliphatic rings. The van der Waals surface area contributed by atoms with E-state index in [1.165, 1.54) is 0 Å². The third-order valence-corrected chi connectivity index (χ3v) is 5.27. The van der Waals surface area contributed by atoms with Crippen LogP contribution in [0.1, 0.15) is 31.4 Å². The molecular formula is C17H27N5O2. The molecule has 132 valence electrons. The van der Waals surface area contributed by atoms with Crippen molar-refractivity contribution in [2.45, 2.75) is 32.1 Å². The molecule has 0 aliphatic carbocycles. The van der Waals surface area contributed by atoms with Gasteiger partial charge in [0.15, 0.2) is 0 Å². The van der Waals surface area contributed by atoms with E-state index in [1.54, 1.807) is 25.3 Å². The molecule has 1 spiro atoms. The predicted molar refractivity (Wildman–Crippen MR) is 90.4 cm³/mol. The van der Waals surface area contributed by atoms with Crippen LogP contribution in [0.25, 0.3) is 0 Å². The number of aromatic nitrogens is 2. The number of amides is 3. The van der Waals surface area contributed by atoms with E-state index in [-0.39, 0.29) is 17.4 Å². The van der Waals surface area contributed by atoms with E-state index in [4.69, 9.17) is 0 Å². The lowest BCUT2D eigenvalue weighted by atomic mass is 9.73. The molecule has 2 fully saturated rings. The number of likely N-dealkylation sites (tertiary alicyclic amines) is 2. The fraction of sp³-hybridized carbons (Fsp3) is 0.706. The molecule has 7 heteroatoms. The molecule has 1 atom stereocenters. The van der Waals surface area contributed by atoms with Crippen LogP contribution in [-0.4, -0.2) is 76.9 Å². The van der Waals surface area contributed by atoms with Crippen molar-refractivity contribution in [2.24, 2.45) is 5.41 Å². The summed E-state index contributed by atoms with van der Waals surface area (Å²) in [5.74, 6) is 0.233. The van der Waals surface area contributed by atoms with Gasteiger partial charge in [-0.1, -0.05) is 0 Å². The highest BCUT2D eigenvalue weighted by Gasteiger charge is 2.42. The second-order valence-electron chi connectivity index (χ2n) is 7.34. The van der Waals surface area contributed by atoms with E-state index in [1.807, 2.05) is 16.0 Å². The molecule has 7 nitrogen and oxygen atoms in total. The van der Waals surface area contributed by atoms with Crippen LogP contribution in [0.3, 0.4) is 0 Å². The zero-order chi connectivity index (χ0) is 17.2. The van der Waals surface area contributed by atoms with Crippen LogP contribution < -0.4 is 0 Å².